The molecule has 0 aliphatic heterocycles. The van der Waals surface area contributed by atoms with E-state index in [0.29, 0.717) is 17.0 Å². The number of carbonyl (C=O) groups excluding carboxylic acids is 1. The molecule has 3 rings (SSSR count). The number of amides is 1. The summed E-state index contributed by atoms with van der Waals surface area (Å²) in [7, 11) is 1.60. The maximum atomic E-state index is 12.7. The SMILES string of the molecule is CCC(Sc1nc2c(cc1C#N)CCC2)C(=O)Nc1ccc(OC)cc1. The number of nitrogens with one attached hydrogen (secondary N) is 1. The molecule has 0 saturated carbocycles. The van der Waals surface area contributed by atoms with E-state index in [4.69, 9.17) is 4.74 Å². The summed E-state index contributed by atoms with van der Waals surface area (Å²) in [6.07, 6.45) is 3.66. The van der Waals surface area contributed by atoms with Gasteiger partial charge in [-0.3, -0.25) is 4.79 Å². The molecule has 5 nitrogen and oxygen atoms in total. The Morgan fingerprint density at radius 2 is 2.15 bits per heavy atom. The smallest absolute Gasteiger partial charge is 0.237 e. The molecule has 1 heterocycles. The van der Waals surface area contributed by atoms with Crippen LogP contribution in [0.2, 0.25) is 0 Å². The third-order valence-electron chi connectivity index (χ3n) is 4.41. The average Bonchev–Trinajstić information content (AvgIpc) is 3.13. The van der Waals surface area contributed by atoms with Crippen molar-refractivity contribution in [3.05, 3.63) is 47.2 Å². The number of ether oxygens (including phenoxy) is 1. The van der Waals surface area contributed by atoms with Crippen molar-refractivity contribution in [3.8, 4) is 11.8 Å². The maximum Gasteiger partial charge on any atom is 0.237 e. The van der Waals surface area contributed by atoms with Crippen molar-refractivity contribution in [2.75, 3.05) is 12.4 Å². The standard InChI is InChI=1S/C20H21N3O2S/c1-3-18(19(24)22-15-7-9-16(25-2)10-8-15)26-20-14(12-21)11-13-5-4-6-17(13)23-20/h7-11,18H,3-6H2,1-2H3,(H,22,24). The van der Waals surface area contributed by atoms with Crippen LogP contribution in [0.25, 0.3) is 0 Å². The van der Waals surface area contributed by atoms with Gasteiger partial charge in [0.15, 0.2) is 0 Å². The summed E-state index contributed by atoms with van der Waals surface area (Å²) in [4.78, 5) is 17.3. The van der Waals surface area contributed by atoms with E-state index in [1.165, 1.54) is 17.3 Å². The molecule has 1 aliphatic carbocycles. The lowest BCUT2D eigenvalue weighted by Crippen LogP contribution is -2.24. The number of carbonyl (C=O) groups is 1. The molecule has 1 aromatic heterocycles. The van der Waals surface area contributed by atoms with Crippen molar-refractivity contribution in [3.63, 3.8) is 0 Å². The van der Waals surface area contributed by atoms with E-state index in [1.54, 1.807) is 19.2 Å². The summed E-state index contributed by atoms with van der Waals surface area (Å²) in [6, 6.07) is 11.4. The van der Waals surface area contributed by atoms with Gasteiger partial charge in [-0.25, -0.2) is 4.98 Å². The predicted octanol–water partition coefficient (Wildman–Crippen LogP) is 3.96. The molecule has 6 heteroatoms. The highest BCUT2D eigenvalue weighted by Crippen LogP contribution is 2.31. The quantitative estimate of drug-likeness (QED) is 0.782. The first-order valence-corrected chi connectivity index (χ1v) is 9.57. The van der Waals surface area contributed by atoms with Crippen LogP contribution in [0.3, 0.4) is 0 Å². The van der Waals surface area contributed by atoms with Gasteiger partial charge in [0.05, 0.1) is 17.9 Å². The number of hydrogen-bond acceptors (Lipinski definition) is 5. The fraction of sp³-hybridized carbons (Fsp3) is 0.350. The fourth-order valence-corrected chi connectivity index (χ4v) is 3.97. The third-order valence-corrected chi connectivity index (χ3v) is 5.78. The number of aryl methyl sites for hydroxylation is 2. The van der Waals surface area contributed by atoms with Crippen molar-refractivity contribution in [1.82, 2.24) is 4.98 Å². The van der Waals surface area contributed by atoms with Crippen molar-refractivity contribution in [2.45, 2.75) is 42.9 Å². The van der Waals surface area contributed by atoms with E-state index >= 15 is 0 Å². The van der Waals surface area contributed by atoms with Crippen LogP contribution in [0, 0.1) is 11.3 Å². The number of anilines is 1. The molecule has 1 aliphatic rings. The zero-order valence-corrected chi connectivity index (χ0v) is 15.7. The molecule has 0 radical (unpaired) electrons. The molecule has 2 aromatic rings. The van der Waals surface area contributed by atoms with Gasteiger partial charge >= 0.3 is 0 Å². The molecule has 1 N–H and O–H groups in total. The van der Waals surface area contributed by atoms with E-state index in [0.717, 1.165) is 36.4 Å². The third kappa shape index (κ3) is 4.00. The highest BCUT2D eigenvalue weighted by atomic mass is 32.2. The van der Waals surface area contributed by atoms with Crippen LogP contribution in [0.15, 0.2) is 35.4 Å². The lowest BCUT2D eigenvalue weighted by atomic mass is 10.2. The number of pyridine rings is 1. The second-order valence-electron chi connectivity index (χ2n) is 6.14. The first-order chi connectivity index (χ1) is 12.6. The number of nitrogens with zero attached hydrogens (tertiary/aromatic N) is 2. The second kappa shape index (κ2) is 8.24. The van der Waals surface area contributed by atoms with E-state index in [-0.39, 0.29) is 11.2 Å². The Hall–Kier alpha value is -2.52. The van der Waals surface area contributed by atoms with E-state index < -0.39 is 0 Å². The second-order valence-corrected chi connectivity index (χ2v) is 7.34. The number of aromatic nitrogens is 1. The highest BCUT2D eigenvalue weighted by Gasteiger charge is 2.23. The molecule has 1 atom stereocenters. The number of benzene rings is 1. The molecule has 1 amide bonds. The van der Waals surface area contributed by atoms with Crippen LogP contribution >= 0.6 is 11.8 Å². The Kier molecular flexibility index (Phi) is 5.79. The lowest BCUT2D eigenvalue weighted by Gasteiger charge is -2.16. The van der Waals surface area contributed by atoms with Gasteiger partial charge in [0.2, 0.25) is 5.91 Å². The van der Waals surface area contributed by atoms with Gasteiger partial charge in [-0.15, -0.1) is 0 Å². The van der Waals surface area contributed by atoms with Crippen LogP contribution in [0.5, 0.6) is 5.75 Å². The Labute approximate surface area is 157 Å². The van der Waals surface area contributed by atoms with E-state index in [9.17, 15) is 10.1 Å². The zero-order valence-electron chi connectivity index (χ0n) is 14.9. The van der Waals surface area contributed by atoms with Crippen LogP contribution < -0.4 is 10.1 Å². The first-order valence-electron chi connectivity index (χ1n) is 8.69. The topological polar surface area (TPSA) is 75.0 Å². The number of rotatable bonds is 6. The normalized spacial score (nSPS) is 13.6. The average molecular weight is 367 g/mol. The number of nitriles is 1. The van der Waals surface area contributed by atoms with Crippen molar-refractivity contribution in [2.24, 2.45) is 0 Å². The molecule has 0 spiro atoms. The van der Waals surface area contributed by atoms with Gasteiger partial charge in [-0.2, -0.15) is 5.26 Å². The predicted molar refractivity (Wildman–Crippen MR) is 103 cm³/mol. The van der Waals surface area contributed by atoms with Crippen LogP contribution in [0.4, 0.5) is 5.69 Å². The van der Waals surface area contributed by atoms with Crippen molar-refractivity contribution < 1.29 is 9.53 Å². The highest BCUT2D eigenvalue weighted by molar-refractivity contribution is 8.00. The molecule has 0 bridgehead atoms. The largest absolute Gasteiger partial charge is 0.497 e. The Bertz CT molecular complexity index is 843. The minimum Gasteiger partial charge on any atom is -0.497 e. The summed E-state index contributed by atoms with van der Waals surface area (Å²) in [5.41, 5.74) is 3.52. The van der Waals surface area contributed by atoms with Crippen LogP contribution in [-0.4, -0.2) is 23.3 Å². The van der Waals surface area contributed by atoms with Gasteiger partial charge in [0, 0.05) is 11.4 Å². The summed E-state index contributed by atoms with van der Waals surface area (Å²) in [6.45, 7) is 1.96. The monoisotopic (exact) mass is 367 g/mol. The molecule has 1 aromatic carbocycles. The molecule has 0 saturated heterocycles. The first kappa shape index (κ1) is 18.3. The van der Waals surface area contributed by atoms with Gasteiger partial charge in [0.1, 0.15) is 16.8 Å². The number of methoxy groups -OCH3 is 1. The molecule has 0 fully saturated rings. The molecular formula is C20H21N3O2S. The Morgan fingerprint density at radius 3 is 2.81 bits per heavy atom. The molecular weight excluding hydrogens is 346 g/mol. The number of thioether (sulfide) groups is 1. The summed E-state index contributed by atoms with van der Waals surface area (Å²) < 4.78 is 5.13. The summed E-state index contributed by atoms with van der Waals surface area (Å²) in [5, 5.41) is 12.7. The summed E-state index contributed by atoms with van der Waals surface area (Å²) in [5.74, 6) is 0.652. The van der Waals surface area contributed by atoms with Crippen LogP contribution in [0.1, 0.15) is 36.6 Å². The van der Waals surface area contributed by atoms with Crippen LogP contribution in [-0.2, 0) is 17.6 Å². The Balaban J connectivity index is 1.74. The zero-order chi connectivity index (χ0) is 18.5. The summed E-state index contributed by atoms with van der Waals surface area (Å²) >= 11 is 1.37. The fourth-order valence-electron chi connectivity index (χ4n) is 2.98. The Morgan fingerprint density at radius 1 is 1.38 bits per heavy atom. The van der Waals surface area contributed by atoms with E-state index in [2.05, 4.69) is 16.4 Å². The number of hydrogen-bond donors (Lipinski definition) is 1. The maximum absolute atomic E-state index is 12.7. The minimum atomic E-state index is -0.309. The lowest BCUT2D eigenvalue weighted by molar-refractivity contribution is -0.115. The molecule has 134 valence electrons. The number of fused-ring (bicyclic) bond motifs is 1. The van der Waals surface area contributed by atoms with Gasteiger partial charge in [-0.1, -0.05) is 18.7 Å². The van der Waals surface area contributed by atoms with Gasteiger partial charge < -0.3 is 10.1 Å². The molecule has 26 heavy (non-hydrogen) atoms. The van der Waals surface area contributed by atoms with Gasteiger partial charge in [-0.05, 0) is 61.6 Å². The van der Waals surface area contributed by atoms with Crippen molar-refractivity contribution >= 4 is 23.4 Å². The van der Waals surface area contributed by atoms with E-state index in [1.807, 2.05) is 25.1 Å². The minimum absolute atomic E-state index is 0.0890. The van der Waals surface area contributed by atoms with Gasteiger partial charge in [0.25, 0.3) is 0 Å². The molecule has 1 unspecified atom stereocenters. The van der Waals surface area contributed by atoms with Crippen molar-refractivity contribution in [1.29, 1.82) is 5.26 Å².